The number of hydrogen-bond acceptors (Lipinski definition) is 4. The van der Waals surface area contributed by atoms with Crippen molar-refractivity contribution in [2.75, 3.05) is 0 Å². The van der Waals surface area contributed by atoms with Crippen LogP contribution in [-0.2, 0) is 27.2 Å². The summed E-state index contributed by atoms with van der Waals surface area (Å²) in [4.78, 5) is 40.8. The second-order valence-corrected chi connectivity index (χ2v) is 8.48. The number of hydrogen-bond donors (Lipinski definition) is 5. The fraction of sp³-hybridized carbons (Fsp3) is 0.320. The zero-order chi connectivity index (χ0) is 24.0. The van der Waals surface area contributed by atoms with Gasteiger partial charge < -0.3 is 26.5 Å². The third kappa shape index (κ3) is 6.20. The fourth-order valence-corrected chi connectivity index (χ4v) is 3.62. The van der Waals surface area contributed by atoms with Gasteiger partial charge in [0, 0.05) is 29.9 Å². The largest absolute Gasteiger partial charge is 0.480 e. The van der Waals surface area contributed by atoms with Crippen molar-refractivity contribution in [1.82, 2.24) is 15.6 Å². The van der Waals surface area contributed by atoms with Gasteiger partial charge in [0.05, 0.1) is 6.04 Å². The second kappa shape index (κ2) is 10.8. The molecule has 33 heavy (non-hydrogen) atoms. The van der Waals surface area contributed by atoms with Gasteiger partial charge in [-0.1, -0.05) is 62.4 Å². The predicted molar refractivity (Wildman–Crippen MR) is 126 cm³/mol. The van der Waals surface area contributed by atoms with Crippen LogP contribution in [0, 0.1) is 5.92 Å². The van der Waals surface area contributed by atoms with Gasteiger partial charge in [-0.05, 0) is 23.1 Å². The van der Waals surface area contributed by atoms with Crippen molar-refractivity contribution in [3.05, 3.63) is 71.9 Å². The number of carbonyl (C=O) groups excluding carboxylic acids is 2. The molecule has 0 aliphatic heterocycles. The molecule has 0 fully saturated rings. The topological polar surface area (TPSA) is 137 Å². The van der Waals surface area contributed by atoms with Gasteiger partial charge in [-0.2, -0.15) is 0 Å². The van der Waals surface area contributed by atoms with E-state index in [4.69, 9.17) is 5.73 Å². The summed E-state index contributed by atoms with van der Waals surface area (Å²) in [5.41, 5.74) is 8.46. The van der Waals surface area contributed by atoms with Crippen LogP contribution in [0.2, 0.25) is 0 Å². The van der Waals surface area contributed by atoms with E-state index in [0.29, 0.717) is 0 Å². The van der Waals surface area contributed by atoms with Crippen molar-refractivity contribution in [3.8, 4) is 0 Å². The Labute approximate surface area is 192 Å². The molecule has 3 atom stereocenters. The van der Waals surface area contributed by atoms with Gasteiger partial charge in [0.25, 0.3) is 0 Å². The van der Waals surface area contributed by atoms with Crippen LogP contribution in [0.3, 0.4) is 0 Å². The molecule has 0 aliphatic rings. The number of fused-ring (bicyclic) bond motifs is 1. The molecular formula is C25H30N4O4. The Morgan fingerprint density at radius 2 is 1.55 bits per heavy atom. The summed E-state index contributed by atoms with van der Waals surface area (Å²) >= 11 is 0. The van der Waals surface area contributed by atoms with Crippen molar-refractivity contribution in [2.45, 2.75) is 44.8 Å². The third-order valence-corrected chi connectivity index (χ3v) is 5.65. The van der Waals surface area contributed by atoms with E-state index in [1.807, 2.05) is 68.4 Å². The molecule has 0 radical (unpaired) electrons. The molecule has 0 saturated heterocycles. The van der Waals surface area contributed by atoms with E-state index < -0.39 is 35.9 Å². The van der Waals surface area contributed by atoms with E-state index >= 15 is 0 Å². The maximum Gasteiger partial charge on any atom is 0.326 e. The average molecular weight is 451 g/mol. The minimum Gasteiger partial charge on any atom is -0.480 e. The Bertz CT molecular complexity index is 1110. The average Bonchev–Trinajstić information content (AvgIpc) is 3.21. The molecule has 174 valence electrons. The van der Waals surface area contributed by atoms with E-state index in [9.17, 15) is 19.5 Å². The summed E-state index contributed by atoms with van der Waals surface area (Å²) in [5.74, 6) is -2.30. The zero-order valence-electron chi connectivity index (χ0n) is 18.7. The summed E-state index contributed by atoms with van der Waals surface area (Å²) in [6.07, 6.45) is 2.06. The number of amides is 2. The standard InChI is InChI=1S/C25H30N4O4/c1-15(2)22(26)24(31)28-20(12-16-8-4-3-5-9-16)23(30)29-21(25(32)33)13-17-14-27-19-11-7-6-10-18(17)19/h3-11,14-15,20-22,27H,12-13,26H2,1-2H3,(H,28,31)(H,29,30)(H,32,33). The molecule has 2 aromatic carbocycles. The molecule has 3 unspecified atom stereocenters. The molecule has 1 heterocycles. The summed E-state index contributed by atoms with van der Waals surface area (Å²) < 4.78 is 0. The predicted octanol–water partition coefficient (Wildman–Crippen LogP) is 1.99. The van der Waals surface area contributed by atoms with E-state index in [1.54, 1.807) is 6.20 Å². The number of para-hydroxylation sites is 1. The number of carbonyl (C=O) groups is 3. The van der Waals surface area contributed by atoms with Gasteiger partial charge in [0.15, 0.2) is 0 Å². The van der Waals surface area contributed by atoms with Crippen LogP contribution in [-0.4, -0.2) is 46.0 Å². The van der Waals surface area contributed by atoms with Crippen LogP contribution in [0.1, 0.15) is 25.0 Å². The SMILES string of the molecule is CC(C)C(N)C(=O)NC(Cc1ccccc1)C(=O)NC(Cc1c[nH]c2ccccc12)C(=O)O. The first-order valence-electron chi connectivity index (χ1n) is 10.9. The fourth-order valence-electron chi connectivity index (χ4n) is 3.62. The number of carboxylic acid groups (broad SMARTS) is 1. The number of carboxylic acids is 1. The van der Waals surface area contributed by atoms with Crippen LogP contribution in [0.5, 0.6) is 0 Å². The highest BCUT2D eigenvalue weighted by atomic mass is 16.4. The van der Waals surface area contributed by atoms with Crippen LogP contribution >= 0.6 is 0 Å². The monoisotopic (exact) mass is 450 g/mol. The van der Waals surface area contributed by atoms with Crippen LogP contribution < -0.4 is 16.4 Å². The molecule has 8 nitrogen and oxygen atoms in total. The van der Waals surface area contributed by atoms with Gasteiger partial charge >= 0.3 is 5.97 Å². The number of aromatic nitrogens is 1. The quantitative estimate of drug-likeness (QED) is 0.322. The molecule has 3 rings (SSSR count). The molecule has 0 spiro atoms. The normalized spacial score (nSPS) is 13.9. The summed E-state index contributed by atoms with van der Waals surface area (Å²) in [6.45, 7) is 3.64. The molecule has 1 aromatic heterocycles. The highest BCUT2D eigenvalue weighted by Gasteiger charge is 2.29. The highest BCUT2D eigenvalue weighted by molar-refractivity contribution is 5.92. The Hall–Kier alpha value is -3.65. The maximum absolute atomic E-state index is 13.1. The molecule has 0 aliphatic carbocycles. The lowest BCUT2D eigenvalue weighted by atomic mass is 10.0. The van der Waals surface area contributed by atoms with Gasteiger partial charge in [-0.25, -0.2) is 4.79 Å². The first kappa shape index (κ1) is 24.0. The van der Waals surface area contributed by atoms with Crippen molar-refractivity contribution >= 4 is 28.7 Å². The van der Waals surface area contributed by atoms with E-state index in [1.165, 1.54) is 0 Å². The number of nitrogens with two attached hydrogens (primary N) is 1. The summed E-state index contributed by atoms with van der Waals surface area (Å²) in [5, 5.41) is 16.0. The van der Waals surface area contributed by atoms with Crippen molar-refractivity contribution in [2.24, 2.45) is 11.7 Å². The Morgan fingerprint density at radius 3 is 2.21 bits per heavy atom. The molecule has 0 bridgehead atoms. The maximum atomic E-state index is 13.1. The Kier molecular flexibility index (Phi) is 7.84. The molecular weight excluding hydrogens is 420 g/mol. The molecule has 8 heteroatoms. The lowest BCUT2D eigenvalue weighted by Gasteiger charge is -2.24. The minimum absolute atomic E-state index is 0.0998. The van der Waals surface area contributed by atoms with Crippen LogP contribution in [0.15, 0.2) is 60.8 Å². The summed E-state index contributed by atoms with van der Waals surface area (Å²) in [6, 6.07) is 13.9. The smallest absolute Gasteiger partial charge is 0.326 e. The van der Waals surface area contributed by atoms with Crippen molar-refractivity contribution < 1.29 is 19.5 Å². The number of H-pyrrole nitrogens is 1. The van der Waals surface area contributed by atoms with Gasteiger partial charge in [0.2, 0.25) is 11.8 Å². The summed E-state index contributed by atoms with van der Waals surface area (Å²) in [7, 11) is 0. The van der Waals surface area contributed by atoms with E-state index in [-0.39, 0.29) is 18.8 Å². The van der Waals surface area contributed by atoms with Crippen molar-refractivity contribution in [1.29, 1.82) is 0 Å². The Balaban J connectivity index is 1.78. The van der Waals surface area contributed by atoms with Crippen LogP contribution in [0.25, 0.3) is 10.9 Å². The molecule has 2 amide bonds. The first-order chi connectivity index (χ1) is 15.8. The lowest BCUT2D eigenvalue weighted by Crippen LogP contribution is -2.56. The number of nitrogens with one attached hydrogen (secondary N) is 3. The number of rotatable bonds is 10. The van der Waals surface area contributed by atoms with Gasteiger partial charge in [0.1, 0.15) is 12.1 Å². The molecule has 0 saturated carbocycles. The van der Waals surface area contributed by atoms with Gasteiger partial charge in [-0.15, -0.1) is 0 Å². The first-order valence-corrected chi connectivity index (χ1v) is 10.9. The molecule has 3 aromatic rings. The van der Waals surface area contributed by atoms with Crippen molar-refractivity contribution in [3.63, 3.8) is 0 Å². The third-order valence-electron chi connectivity index (χ3n) is 5.65. The highest BCUT2D eigenvalue weighted by Crippen LogP contribution is 2.19. The Morgan fingerprint density at radius 1 is 0.909 bits per heavy atom. The zero-order valence-corrected chi connectivity index (χ0v) is 18.7. The van der Waals surface area contributed by atoms with Crippen LogP contribution in [0.4, 0.5) is 0 Å². The number of benzene rings is 2. The van der Waals surface area contributed by atoms with Gasteiger partial charge in [-0.3, -0.25) is 9.59 Å². The second-order valence-electron chi connectivity index (χ2n) is 8.48. The molecule has 6 N–H and O–H groups in total. The number of aromatic amines is 1. The van der Waals surface area contributed by atoms with E-state index in [2.05, 4.69) is 15.6 Å². The van der Waals surface area contributed by atoms with E-state index in [0.717, 1.165) is 22.0 Å². The minimum atomic E-state index is -1.16. The number of aliphatic carboxylic acids is 1. The lowest BCUT2D eigenvalue weighted by molar-refractivity contribution is -0.142.